The molecule has 4 heteroatoms. The third kappa shape index (κ3) is 2.20. The van der Waals surface area contributed by atoms with Crippen LogP contribution in [0.25, 0.3) is 10.9 Å². The molecule has 0 saturated carbocycles. The Morgan fingerprint density at radius 2 is 1.84 bits per heavy atom. The fourth-order valence-corrected chi connectivity index (χ4v) is 2.14. The Hall–Kier alpha value is -2.26. The van der Waals surface area contributed by atoms with Gasteiger partial charge in [-0.05, 0) is 30.3 Å². The molecule has 0 fully saturated rings. The van der Waals surface area contributed by atoms with E-state index in [1.54, 1.807) is 18.3 Å². The Bertz CT molecular complexity index is 743. The molecular weight excluding hydrogens is 260 g/mol. The van der Waals surface area contributed by atoms with Gasteiger partial charge in [0.05, 0.1) is 16.2 Å². The van der Waals surface area contributed by atoms with E-state index in [4.69, 9.17) is 11.6 Å². The predicted octanol–water partition coefficient (Wildman–Crippen LogP) is 4.34. The lowest BCUT2D eigenvalue weighted by atomic mass is 10.1. The summed E-state index contributed by atoms with van der Waals surface area (Å²) in [5, 5.41) is 14.7. The van der Waals surface area contributed by atoms with Crippen LogP contribution in [0.2, 0.25) is 5.02 Å². The van der Waals surface area contributed by atoms with Crippen molar-refractivity contribution in [2.75, 3.05) is 5.32 Å². The number of nitrogens with one attached hydrogen (secondary N) is 1. The highest BCUT2D eigenvalue weighted by atomic mass is 35.5. The van der Waals surface area contributed by atoms with E-state index in [1.165, 1.54) is 0 Å². The molecule has 0 atom stereocenters. The first-order chi connectivity index (χ1) is 9.25. The average molecular weight is 271 g/mol. The van der Waals surface area contributed by atoms with Crippen molar-refractivity contribution in [3.63, 3.8) is 0 Å². The van der Waals surface area contributed by atoms with Gasteiger partial charge in [-0.1, -0.05) is 29.8 Å². The molecule has 3 nitrogen and oxygen atoms in total. The molecule has 0 bridgehead atoms. The number of para-hydroxylation sites is 1. The Morgan fingerprint density at radius 3 is 2.68 bits per heavy atom. The fraction of sp³-hybridized carbons (Fsp3) is 0. The number of benzene rings is 2. The van der Waals surface area contributed by atoms with Crippen molar-refractivity contribution in [2.45, 2.75) is 0 Å². The van der Waals surface area contributed by atoms with Crippen LogP contribution in [0, 0.1) is 0 Å². The minimum absolute atomic E-state index is 0.145. The Labute approximate surface area is 115 Å². The van der Waals surface area contributed by atoms with E-state index in [2.05, 4.69) is 10.3 Å². The number of hydrogen-bond acceptors (Lipinski definition) is 3. The maximum Gasteiger partial charge on any atom is 0.141 e. The number of nitrogens with zero attached hydrogens (tertiary/aromatic N) is 1. The topological polar surface area (TPSA) is 45.2 Å². The number of anilines is 2. The molecule has 0 aliphatic rings. The molecule has 1 aromatic heterocycles. The van der Waals surface area contributed by atoms with E-state index in [9.17, 15) is 5.11 Å². The van der Waals surface area contributed by atoms with Crippen LogP contribution in [0.5, 0.6) is 5.75 Å². The van der Waals surface area contributed by atoms with E-state index in [1.807, 2.05) is 36.4 Å². The number of fused-ring (bicyclic) bond motifs is 1. The highest BCUT2D eigenvalue weighted by Crippen LogP contribution is 2.35. The van der Waals surface area contributed by atoms with Gasteiger partial charge in [-0.2, -0.15) is 0 Å². The first-order valence-electron chi connectivity index (χ1n) is 5.84. The summed E-state index contributed by atoms with van der Waals surface area (Å²) >= 11 is 6.11. The zero-order chi connectivity index (χ0) is 13.2. The molecule has 2 aromatic carbocycles. The summed E-state index contributed by atoms with van der Waals surface area (Å²) in [5.41, 5.74) is 2.01. The lowest BCUT2D eigenvalue weighted by molar-refractivity contribution is 0.478. The van der Waals surface area contributed by atoms with Crippen LogP contribution in [0.1, 0.15) is 0 Å². The number of aromatic nitrogens is 1. The largest absolute Gasteiger partial charge is 0.506 e. The van der Waals surface area contributed by atoms with E-state index in [0.29, 0.717) is 16.2 Å². The van der Waals surface area contributed by atoms with Crippen molar-refractivity contribution < 1.29 is 5.11 Å². The summed E-state index contributed by atoms with van der Waals surface area (Å²) in [4.78, 5) is 4.30. The molecule has 1 heterocycles. The molecule has 0 spiro atoms. The normalized spacial score (nSPS) is 10.6. The molecule has 0 unspecified atom stereocenters. The van der Waals surface area contributed by atoms with Crippen molar-refractivity contribution in [2.24, 2.45) is 0 Å². The number of hydrogen-bond donors (Lipinski definition) is 2. The van der Waals surface area contributed by atoms with Crippen LogP contribution in [0.3, 0.4) is 0 Å². The fourth-order valence-electron chi connectivity index (χ4n) is 1.95. The molecule has 0 amide bonds. The maximum atomic E-state index is 10.0. The van der Waals surface area contributed by atoms with Crippen LogP contribution in [-0.4, -0.2) is 10.1 Å². The summed E-state index contributed by atoms with van der Waals surface area (Å²) in [6, 6.07) is 14.7. The van der Waals surface area contributed by atoms with E-state index in [-0.39, 0.29) is 5.75 Å². The second-order valence-electron chi connectivity index (χ2n) is 4.14. The lowest BCUT2D eigenvalue weighted by Gasteiger charge is -2.12. The Kier molecular flexibility index (Phi) is 2.97. The molecule has 2 N–H and O–H groups in total. The van der Waals surface area contributed by atoms with Gasteiger partial charge in [0.2, 0.25) is 0 Å². The van der Waals surface area contributed by atoms with Gasteiger partial charge in [0.15, 0.2) is 0 Å². The van der Waals surface area contributed by atoms with Crippen LogP contribution in [0.4, 0.5) is 11.4 Å². The summed E-state index contributed by atoms with van der Waals surface area (Å²) in [6.07, 6.45) is 1.69. The number of phenolic OH excluding ortho intramolecular Hbond substituents is 1. The van der Waals surface area contributed by atoms with Crippen LogP contribution in [-0.2, 0) is 0 Å². The third-order valence-electron chi connectivity index (χ3n) is 2.89. The Morgan fingerprint density at radius 1 is 1.00 bits per heavy atom. The minimum Gasteiger partial charge on any atom is -0.506 e. The zero-order valence-corrected chi connectivity index (χ0v) is 10.7. The van der Waals surface area contributed by atoms with E-state index >= 15 is 0 Å². The highest BCUT2D eigenvalue weighted by Gasteiger charge is 2.09. The number of rotatable bonds is 2. The average Bonchev–Trinajstić information content (AvgIpc) is 2.44. The molecule has 0 aliphatic heterocycles. The second kappa shape index (κ2) is 4.78. The summed E-state index contributed by atoms with van der Waals surface area (Å²) in [5.74, 6) is 0.145. The van der Waals surface area contributed by atoms with Crippen molar-refractivity contribution in [3.8, 4) is 5.75 Å². The number of pyridine rings is 1. The monoisotopic (exact) mass is 270 g/mol. The maximum absolute atomic E-state index is 10.0. The Balaban J connectivity index is 2.15. The van der Waals surface area contributed by atoms with Gasteiger partial charge in [0, 0.05) is 11.6 Å². The van der Waals surface area contributed by atoms with Gasteiger partial charge in [-0.15, -0.1) is 0 Å². The van der Waals surface area contributed by atoms with Crippen LogP contribution in [0.15, 0.2) is 54.7 Å². The van der Waals surface area contributed by atoms with Crippen LogP contribution >= 0.6 is 11.6 Å². The van der Waals surface area contributed by atoms with Gasteiger partial charge in [-0.3, -0.25) is 4.98 Å². The van der Waals surface area contributed by atoms with Gasteiger partial charge >= 0.3 is 0 Å². The SMILES string of the molecule is Oc1ccc2cccnc2c1Nc1ccccc1Cl. The second-order valence-corrected chi connectivity index (χ2v) is 4.55. The quantitative estimate of drug-likeness (QED) is 0.681. The van der Waals surface area contributed by atoms with Gasteiger partial charge in [0.1, 0.15) is 11.4 Å². The van der Waals surface area contributed by atoms with Crippen molar-refractivity contribution in [1.82, 2.24) is 4.98 Å². The van der Waals surface area contributed by atoms with Gasteiger partial charge < -0.3 is 10.4 Å². The molecule has 0 radical (unpaired) electrons. The van der Waals surface area contributed by atoms with Crippen molar-refractivity contribution in [1.29, 1.82) is 0 Å². The summed E-state index contributed by atoms with van der Waals surface area (Å²) < 4.78 is 0. The first kappa shape index (κ1) is 11.8. The predicted molar refractivity (Wildman–Crippen MR) is 78.1 cm³/mol. The highest BCUT2D eigenvalue weighted by molar-refractivity contribution is 6.33. The molecule has 3 rings (SSSR count). The molecule has 94 valence electrons. The number of aromatic hydroxyl groups is 1. The van der Waals surface area contributed by atoms with Gasteiger partial charge in [-0.25, -0.2) is 0 Å². The first-order valence-corrected chi connectivity index (χ1v) is 6.22. The van der Waals surface area contributed by atoms with Crippen molar-refractivity contribution in [3.05, 3.63) is 59.8 Å². The minimum atomic E-state index is 0.145. The third-order valence-corrected chi connectivity index (χ3v) is 3.22. The standard InChI is InChI=1S/C15H11ClN2O/c16-11-5-1-2-6-12(11)18-15-13(19)8-7-10-4-3-9-17-14(10)15/h1-9,18-19H. The summed E-state index contributed by atoms with van der Waals surface area (Å²) in [7, 11) is 0. The molecule has 0 aliphatic carbocycles. The van der Waals surface area contributed by atoms with Crippen molar-refractivity contribution >= 4 is 33.9 Å². The smallest absolute Gasteiger partial charge is 0.141 e. The zero-order valence-electron chi connectivity index (χ0n) is 9.97. The van der Waals surface area contributed by atoms with E-state index < -0.39 is 0 Å². The molecule has 19 heavy (non-hydrogen) atoms. The van der Waals surface area contributed by atoms with Gasteiger partial charge in [0.25, 0.3) is 0 Å². The van der Waals surface area contributed by atoms with Crippen LogP contribution < -0.4 is 5.32 Å². The molecular formula is C15H11ClN2O. The number of phenols is 1. The van der Waals surface area contributed by atoms with E-state index in [0.717, 1.165) is 11.1 Å². The lowest BCUT2D eigenvalue weighted by Crippen LogP contribution is -1.94. The summed E-state index contributed by atoms with van der Waals surface area (Å²) in [6.45, 7) is 0. The molecule has 3 aromatic rings. The number of halogens is 1. The molecule has 0 saturated heterocycles.